The van der Waals surface area contributed by atoms with E-state index in [1.54, 1.807) is 31.9 Å². The molecule has 43 nitrogen and oxygen atoms in total. The third-order valence-corrected chi connectivity index (χ3v) is 29.7. The van der Waals surface area contributed by atoms with Crippen LogP contribution in [0.2, 0.25) is 0 Å². The highest BCUT2D eigenvalue weighted by Gasteiger charge is 2.45. The van der Waals surface area contributed by atoms with Crippen molar-refractivity contribution in [1.29, 1.82) is 10.5 Å². The standard InChI is InChI=1S/2C25H28N8O2.C25H33N7O4.C24H31N7O5S/c26-14-25(8-9-25)15-35-24-29-22(19(34)13-16-3-1-4-16)28-23(30-24)33-11-6-17(7-12-33)20-18-5-2-10-27-21(18)32-31-20;26-12-17-11-18(17)14-35-25-31-22(20(34)10-15-2-1-3-15)30-24(32-25)33-8-4-16(5-9-33)19-13-29-23-21(19)27-6-7-28-23;1-16(15-34-2)36-25-30-22(23(33)28-13-18-5-4-12-35-18)29-24(31-25)32-10-7-17(8-11-32)21-19-6-3-9-26-20(19)14-27-21;1-37(33,34)13-9-26-22(32)21-28-23(30-24(29-21)36-15-17-4-3-12-35-17)31-10-6-16(7-11-31)19-14-27-20-18(19)5-2-8-25-20/h2,5,10,16-17H,1,3-4,6-9,11-13,15H2,(H,27,31,32);6-7,13,15-18H,1-5,8-11,14H2,(H,28,29);3,6,9,16-18H,4-5,7-8,10-15H2,1-2H3,(H,28,33);2,5,8,14,16-17H,3-4,6-7,9-13,15H2,1H3,(H,25,27)(H,26,32)/t;17-,18+;16-,18+;17-/m.011/s1. The lowest BCUT2D eigenvalue weighted by molar-refractivity contribution is 0.0642. The predicted octanol–water partition coefficient (Wildman–Crippen LogP) is 10.3. The minimum absolute atomic E-state index is 0.0321. The number of aromatic amines is 3. The van der Waals surface area contributed by atoms with Crippen LogP contribution in [0.5, 0.6) is 24.0 Å². The van der Waals surface area contributed by atoms with Crippen LogP contribution < -0.4 is 49.2 Å². The summed E-state index contributed by atoms with van der Waals surface area (Å²) < 4.78 is 62.6. The molecule has 22 rings (SSSR count). The maximum absolute atomic E-state index is 12.9. The third-order valence-electron chi connectivity index (χ3n) is 28.7. The molecule has 18 heterocycles. The molecule has 6 saturated heterocycles. The van der Waals surface area contributed by atoms with Gasteiger partial charge in [0.05, 0.1) is 66.9 Å². The first-order valence-corrected chi connectivity index (χ1v) is 52.2. The molecule has 0 aromatic carbocycles. The van der Waals surface area contributed by atoms with Crippen LogP contribution in [-0.2, 0) is 30.6 Å². The molecule has 2 amide bonds. The van der Waals surface area contributed by atoms with Gasteiger partial charge in [0, 0.05) is 199 Å². The zero-order valence-electron chi connectivity index (χ0n) is 80.7. The number of nitrogens with one attached hydrogen (secondary N) is 5. The van der Waals surface area contributed by atoms with Gasteiger partial charge in [-0.15, -0.1) is 0 Å². The van der Waals surface area contributed by atoms with Crippen LogP contribution in [0.4, 0.5) is 23.8 Å². The molecule has 750 valence electrons. The van der Waals surface area contributed by atoms with E-state index >= 15 is 0 Å². The molecule has 11 aromatic heterocycles. The molecule has 10 fully saturated rings. The number of methoxy groups -OCH3 is 1. The summed E-state index contributed by atoms with van der Waals surface area (Å²) >= 11 is 0. The number of H-pyrrole nitrogens is 3. The summed E-state index contributed by atoms with van der Waals surface area (Å²) in [6.45, 7) is 11.5. The smallest absolute Gasteiger partial charge is 0.322 e. The minimum Gasteiger partial charge on any atom is -0.463 e. The van der Waals surface area contributed by atoms with Gasteiger partial charge < -0.3 is 73.4 Å². The summed E-state index contributed by atoms with van der Waals surface area (Å²) in [6, 6.07) is 17.2. The number of carbonyl (C=O) groups is 4. The van der Waals surface area contributed by atoms with Gasteiger partial charge in [-0.25, -0.2) is 23.4 Å². The number of Topliss-reactive ketones (excluding diaryl/α,β-unsaturated/α-hetero) is 2. The van der Waals surface area contributed by atoms with Gasteiger partial charge in [-0.05, 0) is 195 Å². The highest BCUT2D eigenvalue weighted by Crippen LogP contribution is 2.46. The molecule has 11 aromatic rings. The number of ether oxygens (including phenoxy) is 7. The van der Waals surface area contributed by atoms with E-state index in [1.807, 2.05) is 48.6 Å². The number of anilines is 4. The van der Waals surface area contributed by atoms with Crippen molar-refractivity contribution in [3.63, 3.8) is 0 Å². The van der Waals surface area contributed by atoms with Gasteiger partial charge >= 0.3 is 24.0 Å². The number of hydrogen-bond donors (Lipinski definition) is 5. The predicted molar refractivity (Wildman–Crippen MR) is 523 cm³/mol. The monoisotopic (exact) mass is 1970 g/mol. The molecule has 4 aliphatic carbocycles. The summed E-state index contributed by atoms with van der Waals surface area (Å²) in [6.07, 6.45) is 34.9. The van der Waals surface area contributed by atoms with Crippen molar-refractivity contribution in [3.8, 4) is 36.2 Å². The van der Waals surface area contributed by atoms with E-state index < -0.39 is 21.2 Å². The van der Waals surface area contributed by atoms with Gasteiger partial charge in [0.1, 0.15) is 40.3 Å². The second-order valence-corrected chi connectivity index (χ2v) is 41.3. The van der Waals surface area contributed by atoms with Crippen LogP contribution in [-0.4, -0.2) is 285 Å². The second-order valence-electron chi connectivity index (χ2n) is 39.0. The molecular weight excluding hydrogens is 1850 g/mol. The molecule has 11 aliphatic rings. The first kappa shape index (κ1) is 98.1. The largest absolute Gasteiger partial charge is 0.463 e. The number of rotatable bonds is 34. The number of nitrogens with zero attached hydrogens (tertiary/aromatic N) is 25. The number of sulfone groups is 1. The number of fused-ring (bicyclic) bond motifs is 4. The van der Waals surface area contributed by atoms with Crippen LogP contribution in [0.1, 0.15) is 243 Å². The molecule has 0 radical (unpaired) electrons. The number of nitriles is 2. The highest BCUT2D eigenvalue weighted by molar-refractivity contribution is 7.90. The Kier molecular flexibility index (Phi) is 31.0. The molecule has 5 atom stereocenters. The van der Waals surface area contributed by atoms with Crippen molar-refractivity contribution in [3.05, 3.63) is 131 Å². The maximum Gasteiger partial charge on any atom is 0.322 e. The van der Waals surface area contributed by atoms with Crippen LogP contribution in [0, 0.1) is 57.7 Å². The van der Waals surface area contributed by atoms with E-state index in [-0.39, 0.29) is 120 Å². The van der Waals surface area contributed by atoms with Crippen LogP contribution >= 0.6 is 0 Å². The second kappa shape index (κ2) is 45.3. The first-order valence-electron chi connectivity index (χ1n) is 50.2. The summed E-state index contributed by atoms with van der Waals surface area (Å²) in [5.41, 5.74) is 9.88. The number of carbonyl (C=O) groups excluding carboxylic acids is 4. The van der Waals surface area contributed by atoms with Crippen molar-refractivity contribution in [2.45, 2.75) is 197 Å². The number of aromatic nitrogens is 21. The SMILES string of the molecule is COC[C@@H](C)Oc1nc(C(=O)NC[C@@H]2CCCO2)nc(N2CCC(C3=NCc4ncccc43)CC2)n1.CS(=O)(=O)CCNC(=O)c1nc(OC[C@H]2CCCO2)nc(N2CCC(c3c[nH]c4ncccc34)CC2)n1.N#CC1(COc2nc(C(=O)CC3CCC3)nc(N3CCC(c4[nH]nc5ncccc45)CC3)n2)CC1.N#C[C@@H]1C[C@@H]1COc1nc(C(=O)CC2CCC2)nc(N2CCC(c3c[nH]c4nccnc34)CC2)n1. The van der Waals surface area contributed by atoms with E-state index in [9.17, 15) is 32.9 Å². The number of piperidine rings is 4. The molecule has 0 spiro atoms. The number of ketones is 2. The minimum atomic E-state index is -3.21. The Hall–Kier alpha value is -13.7. The number of pyridine rings is 3. The van der Waals surface area contributed by atoms with Gasteiger partial charge in [0.25, 0.3) is 11.8 Å². The lowest BCUT2D eigenvalue weighted by atomic mass is 9.82. The number of aliphatic imine (C=N–C) groups is 1. The third kappa shape index (κ3) is 24.8. The van der Waals surface area contributed by atoms with Crippen molar-refractivity contribution < 1.29 is 60.8 Å². The van der Waals surface area contributed by atoms with Gasteiger partial charge in [0.2, 0.25) is 58.7 Å². The molecule has 5 N–H and O–H groups in total. The molecule has 4 saturated carbocycles. The Morgan fingerprint density at radius 1 is 0.552 bits per heavy atom. The molecule has 7 aliphatic heterocycles. The molecule has 0 bridgehead atoms. The quantitative estimate of drug-likeness (QED) is 0.0234. The zero-order chi connectivity index (χ0) is 98.3. The summed E-state index contributed by atoms with van der Waals surface area (Å²) in [7, 11) is -1.61. The van der Waals surface area contributed by atoms with Crippen molar-refractivity contribution in [1.82, 2.24) is 116 Å². The topological polar surface area (TPSA) is 543 Å². The van der Waals surface area contributed by atoms with Gasteiger partial charge in [-0.3, -0.25) is 39.2 Å². The highest BCUT2D eigenvalue weighted by atomic mass is 32.2. The van der Waals surface area contributed by atoms with Gasteiger partial charge in [-0.2, -0.15) is 75.4 Å². The Morgan fingerprint density at radius 2 is 1.08 bits per heavy atom. The molecular formula is C99H120N30O13S. The van der Waals surface area contributed by atoms with Crippen LogP contribution in [0.25, 0.3) is 33.2 Å². The van der Waals surface area contributed by atoms with Crippen LogP contribution in [0.3, 0.4) is 0 Å². The van der Waals surface area contributed by atoms with E-state index in [1.165, 1.54) is 29.5 Å². The van der Waals surface area contributed by atoms with E-state index in [2.05, 4.69) is 161 Å². The van der Waals surface area contributed by atoms with Crippen molar-refractivity contribution in [2.75, 3.05) is 144 Å². The van der Waals surface area contributed by atoms with Gasteiger partial charge in [0.15, 0.2) is 11.3 Å². The fourth-order valence-corrected chi connectivity index (χ4v) is 20.1. The fraction of sp³-hybridized carbons (Fsp3) is 0.566. The molecule has 0 unspecified atom stereocenters. The summed E-state index contributed by atoms with van der Waals surface area (Å²) in [5, 5.41) is 33.6. The Labute approximate surface area is 826 Å². The van der Waals surface area contributed by atoms with Gasteiger partial charge in [-0.1, -0.05) is 12.8 Å². The van der Waals surface area contributed by atoms with Crippen LogP contribution in [0.15, 0.2) is 84.8 Å². The van der Waals surface area contributed by atoms with Crippen molar-refractivity contribution >= 4 is 96.0 Å². The van der Waals surface area contributed by atoms with Crippen molar-refractivity contribution in [2.24, 2.45) is 40.0 Å². The molecule has 143 heavy (non-hydrogen) atoms. The average Bonchev–Trinajstić information content (AvgIpc) is 1.73. The molecule has 44 heteroatoms. The zero-order valence-corrected chi connectivity index (χ0v) is 81.6. The number of hydrogen-bond acceptors (Lipinski definition) is 38. The Morgan fingerprint density at radius 3 is 1.66 bits per heavy atom. The lowest BCUT2D eigenvalue weighted by Crippen LogP contribution is -2.38. The Bertz CT molecular complexity index is 6560. The summed E-state index contributed by atoms with van der Waals surface area (Å²) in [4.78, 5) is 147. The fourth-order valence-electron chi connectivity index (χ4n) is 19.6. The maximum atomic E-state index is 12.9. The van der Waals surface area contributed by atoms with E-state index in [0.29, 0.717) is 118 Å². The normalized spacial score (nSPS) is 20.4. The average molecular weight is 1970 g/mol. The first-order chi connectivity index (χ1) is 69.8. The summed E-state index contributed by atoms with van der Waals surface area (Å²) in [5.74, 6) is 3.42. The lowest BCUT2D eigenvalue weighted by Gasteiger charge is -2.32. The number of amides is 2. The van der Waals surface area contributed by atoms with E-state index in [4.69, 9.17) is 43.4 Å². The van der Waals surface area contributed by atoms with E-state index in [0.717, 1.165) is 224 Å². The Balaban J connectivity index is 0.000000121.